The fourth-order valence-electron chi connectivity index (χ4n) is 2.39. The number of nitrogens with two attached hydrogens (primary N) is 1. The lowest BCUT2D eigenvalue weighted by Crippen LogP contribution is -2.33. The Bertz CT molecular complexity index is 788. The summed E-state index contributed by atoms with van der Waals surface area (Å²) in [7, 11) is 0. The number of rotatable bonds is 8. The summed E-state index contributed by atoms with van der Waals surface area (Å²) in [6.07, 6.45) is -0.886. The topological polar surface area (TPSA) is 99.8 Å². The molecule has 0 heterocycles. The molecule has 0 atom stereocenters. The Morgan fingerprint density at radius 2 is 2.07 bits per heavy atom. The molecule has 1 saturated carbocycles. The number of hydrogen-bond acceptors (Lipinski definition) is 5. The number of alkyl halides is 3. The Kier molecular flexibility index (Phi) is 6.66. The number of benzene rings is 1. The standard InChI is InChI=1S/C18H22F3N5O2/c1-3-11-8-12(16(27)24-10-18(19,20)21)4-7-15(11)26(23-2)9-14(22)17(28)25-13-5-6-13/h4,7-9,13H,2-3,5-6,10,22H2,1H3,(H,24,27)(H,25,28)/b14-9-. The molecule has 1 aliphatic rings. The largest absolute Gasteiger partial charge is 0.405 e. The quantitative estimate of drug-likeness (QED) is 0.355. The third kappa shape index (κ3) is 6.00. The zero-order chi connectivity index (χ0) is 20.9. The van der Waals surface area contributed by atoms with Crippen molar-refractivity contribution in [2.75, 3.05) is 11.6 Å². The van der Waals surface area contributed by atoms with Crippen LogP contribution in [-0.2, 0) is 11.2 Å². The normalized spacial score (nSPS) is 14.4. The Hall–Kier alpha value is -3.04. The molecule has 0 spiro atoms. The molecule has 1 fully saturated rings. The third-order valence-electron chi connectivity index (χ3n) is 4.01. The van der Waals surface area contributed by atoms with E-state index in [0.717, 1.165) is 12.8 Å². The summed E-state index contributed by atoms with van der Waals surface area (Å²) in [5.41, 5.74) is 6.96. The molecular weight excluding hydrogens is 375 g/mol. The Labute approximate surface area is 160 Å². The first-order valence-electron chi connectivity index (χ1n) is 8.66. The van der Waals surface area contributed by atoms with Crippen LogP contribution in [0.15, 0.2) is 35.2 Å². The second-order valence-corrected chi connectivity index (χ2v) is 6.31. The van der Waals surface area contributed by atoms with E-state index in [1.54, 1.807) is 0 Å². The van der Waals surface area contributed by atoms with Crippen LogP contribution in [0.25, 0.3) is 0 Å². The lowest BCUT2D eigenvalue weighted by molar-refractivity contribution is -0.123. The van der Waals surface area contributed by atoms with E-state index in [-0.39, 0.29) is 17.3 Å². The van der Waals surface area contributed by atoms with Gasteiger partial charge in [0.05, 0.1) is 11.9 Å². The van der Waals surface area contributed by atoms with E-state index >= 15 is 0 Å². The maximum absolute atomic E-state index is 12.3. The number of nitrogens with zero attached hydrogens (tertiary/aromatic N) is 2. The van der Waals surface area contributed by atoms with Crippen LogP contribution in [0.4, 0.5) is 18.9 Å². The summed E-state index contributed by atoms with van der Waals surface area (Å²) in [5.74, 6) is -1.26. The Morgan fingerprint density at radius 1 is 1.39 bits per heavy atom. The molecule has 10 heteroatoms. The van der Waals surface area contributed by atoms with Crippen LogP contribution in [0.1, 0.15) is 35.7 Å². The molecule has 1 aliphatic carbocycles. The van der Waals surface area contributed by atoms with Gasteiger partial charge in [0.25, 0.3) is 11.8 Å². The summed E-state index contributed by atoms with van der Waals surface area (Å²) in [6, 6.07) is 4.49. The SMILES string of the molecule is C=NN(/C=C(\N)C(=O)NC1CC1)c1ccc(C(=O)NCC(F)(F)F)cc1CC. The second-order valence-electron chi connectivity index (χ2n) is 6.31. The predicted octanol–water partition coefficient (Wildman–Crippen LogP) is 2.04. The van der Waals surface area contributed by atoms with E-state index in [9.17, 15) is 22.8 Å². The van der Waals surface area contributed by atoms with E-state index < -0.39 is 24.5 Å². The van der Waals surface area contributed by atoms with Gasteiger partial charge in [-0.05, 0) is 43.0 Å². The van der Waals surface area contributed by atoms with Crippen molar-refractivity contribution in [2.24, 2.45) is 10.8 Å². The number of nitrogens with one attached hydrogen (secondary N) is 2. The molecule has 2 rings (SSSR count). The molecule has 152 valence electrons. The molecule has 0 saturated heterocycles. The lowest BCUT2D eigenvalue weighted by atomic mass is 10.1. The number of hydrogen-bond donors (Lipinski definition) is 3. The van der Waals surface area contributed by atoms with Crippen molar-refractivity contribution in [3.05, 3.63) is 41.2 Å². The highest BCUT2D eigenvalue weighted by Gasteiger charge is 2.28. The van der Waals surface area contributed by atoms with Gasteiger partial charge in [-0.15, -0.1) is 0 Å². The summed E-state index contributed by atoms with van der Waals surface area (Å²) in [6.45, 7) is 3.85. The van der Waals surface area contributed by atoms with Crippen molar-refractivity contribution in [3.8, 4) is 0 Å². The zero-order valence-corrected chi connectivity index (χ0v) is 15.3. The minimum atomic E-state index is -4.49. The summed E-state index contributed by atoms with van der Waals surface area (Å²) >= 11 is 0. The summed E-state index contributed by atoms with van der Waals surface area (Å²) in [4.78, 5) is 23.9. The van der Waals surface area contributed by atoms with Gasteiger partial charge in [0.2, 0.25) is 0 Å². The van der Waals surface area contributed by atoms with Crippen LogP contribution in [0.5, 0.6) is 0 Å². The minimum Gasteiger partial charge on any atom is -0.393 e. The monoisotopic (exact) mass is 397 g/mol. The van der Waals surface area contributed by atoms with Crippen molar-refractivity contribution in [1.29, 1.82) is 0 Å². The van der Waals surface area contributed by atoms with Gasteiger partial charge in [0.1, 0.15) is 12.2 Å². The van der Waals surface area contributed by atoms with E-state index in [0.29, 0.717) is 17.7 Å². The average Bonchev–Trinajstić information content (AvgIpc) is 3.46. The van der Waals surface area contributed by atoms with E-state index in [1.165, 1.54) is 29.4 Å². The molecular formula is C18H22F3N5O2. The van der Waals surface area contributed by atoms with E-state index in [4.69, 9.17) is 5.73 Å². The number of halogens is 3. The smallest absolute Gasteiger partial charge is 0.393 e. The van der Waals surface area contributed by atoms with Gasteiger partial charge in [0.15, 0.2) is 0 Å². The van der Waals surface area contributed by atoms with Crippen LogP contribution in [0.3, 0.4) is 0 Å². The first-order valence-corrected chi connectivity index (χ1v) is 8.66. The number of amides is 2. The molecule has 28 heavy (non-hydrogen) atoms. The number of hydrazone groups is 1. The van der Waals surface area contributed by atoms with E-state index in [1.807, 2.05) is 12.2 Å². The molecule has 7 nitrogen and oxygen atoms in total. The Balaban J connectivity index is 2.19. The second kappa shape index (κ2) is 8.77. The van der Waals surface area contributed by atoms with Gasteiger partial charge in [-0.25, -0.2) is 5.01 Å². The molecule has 0 bridgehead atoms. The first kappa shape index (κ1) is 21.3. The van der Waals surface area contributed by atoms with Gasteiger partial charge in [-0.2, -0.15) is 18.3 Å². The highest BCUT2D eigenvalue weighted by Crippen LogP contribution is 2.24. The molecule has 1 aromatic carbocycles. The van der Waals surface area contributed by atoms with Crippen LogP contribution in [0.2, 0.25) is 0 Å². The summed E-state index contributed by atoms with van der Waals surface area (Å²) < 4.78 is 36.8. The van der Waals surface area contributed by atoms with Gasteiger partial charge < -0.3 is 16.4 Å². The molecule has 2 amide bonds. The molecule has 4 N–H and O–H groups in total. The van der Waals surface area contributed by atoms with Crippen LogP contribution in [-0.4, -0.2) is 37.3 Å². The fraction of sp³-hybridized carbons (Fsp3) is 0.389. The van der Waals surface area contributed by atoms with Crippen molar-refractivity contribution < 1.29 is 22.8 Å². The van der Waals surface area contributed by atoms with Crippen LogP contribution >= 0.6 is 0 Å². The highest BCUT2D eigenvalue weighted by molar-refractivity contribution is 5.95. The van der Waals surface area contributed by atoms with Crippen molar-refractivity contribution in [3.63, 3.8) is 0 Å². The maximum atomic E-state index is 12.3. The molecule has 0 unspecified atom stereocenters. The molecule has 0 aromatic heterocycles. The van der Waals surface area contributed by atoms with Crippen molar-refractivity contribution >= 4 is 24.2 Å². The molecule has 1 aromatic rings. The molecule has 0 aliphatic heterocycles. The number of carbonyl (C=O) groups excluding carboxylic acids is 2. The van der Waals surface area contributed by atoms with Crippen molar-refractivity contribution in [1.82, 2.24) is 10.6 Å². The van der Waals surface area contributed by atoms with Crippen LogP contribution in [0, 0.1) is 0 Å². The number of carbonyl (C=O) groups is 2. The molecule has 0 radical (unpaired) electrons. The minimum absolute atomic E-state index is 0.0617. The third-order valence-corrected chi connectivity index (χ3v) is 4.01. The van der Waals surface area contributed by atoms with Gasteiger partial charge in [-0.1, -0.05) is 6.92 Å². The van der Waals surface area contributed by atoms with Gasteiger partial charge >= 0.3 is 6.18 Å². The predicted molar refractivity (Wildman–Crippen MR) is 99.7 cm³/mol. The fourth-order valence-corrected chi connectivity index (χ4v) is 2.39. The Morgan fingerprint density at radius 3 is 2.61 bits per heavy atom. The first-order chi connectivity index (χ1) is 13.1. The van der Waals surface area contributed by atoms with Gasteiger partial charge in [-0.3, -0.25) is 9.59 Å². The van der Waals surface area contributed by atoms with Crippen LogP contribution < -0.4 is 21.4 Å². The van der Waals surface area contributed by atoms with E-state index in [2.05, 4.69) is 17.1 Å². The highest BCUT2D eigenvalue weighted by atomic mass is 19.4. The average molecular weight is 397 g/mol. The zero-order valence-electron chi connectivity index (χ0n) is 15.3. The maximum Gasteiger partial charge on any atom is 0.405 e. The summed E-state index contributed by atoms with van der Waals surface area (Å²) in [5, 5.41) is 9.69. The van der Waals surface area contributed by atoms with Crippen molar-refractivity contribution in [2.45, 2.75) is 38.4 Å². The number of anilines is 1. The number of aryl methyl sites for hydroxylation is 1. The van der Waals surface area contributed by atoms with Gasteiger partial charge in [0, 0.05) is 18.3 Å². The lowest BCUT2D eigenvalue weighted by Gasteiger charge is -2.19.